The van der Waals surface area contributed by atoms with Gasteiger partial charge in [0.1, 0.15) is 5.60 Å². The summed E-state index contributed by atoms with van der Waals surface area (Å²) in [6.45, 7) is 2.75. The first-order chi connectivity index (χ1) is 5.19. The smallest absolute Gasteiger partial charge is 0.103 e. The Morgan fingerprint density at radius 3 is 2.91 bits per heavy atom. The molecule has 0 aromatic carbocycles. The number of rotatable bonds is 1. The molecular formula is C8H13NO2. The number of hydrogen-bond donors (Lipinski definition) is 1. The lowest BCUT2D eigenvalue weighted by atomic mass is 9.85. The van der Waals surface area contributed by atoms with Crippen LogP contribution in [0.25, 0.3) is 0 Å². The summed E-state index contributed by atoms with van der Waals surface area (Å²) in [6.07, 6.45) is 1.53. The van der Waals surface area contributed by atoms with Crippen LogP contribution >= 0.6 is 0 Å². The van der Waals surface area contributed by atoms with Gasteiger partial charge in [-0.15, -0.1) is 0 Å². The van der Waals surface area contributed by atoms with Crippen molar-refractivity contribution in [2.24, 2.45) is 5.92 Å². The number of nitriles is 1. The van der Waals surface area contributed by atoms with E-state index < -0.39 is 5.60 Å². The molecule has 0 aliphatic carbocycles. The zero-order chi connectivity index (χ0) is 8.32. The summed E-state index contributed by atoms with van der Waals surface area (Å²) in [5.74, 6) is -0.331. The monoisotopic (exact) mass is 155 g/mol. The molecule has 1 fully saturated rings. The Morgan fingerprint density at radius 2 is 2.45 bits per heavy atom. The van der Waals surface area contributed by atoms with Gasteiger partial charge in [-0.2, -0.15) is 5.26 Å². The Balaban J connectivity index is 2.57. The van der Waals surface area contributed by atoms with Crippen molar-refractivity contribution >= 4 is 0 Å². The van der Waals surface area contributed by atoms with Crippen molar-refractivity contribution in [2.75, 3.05) is 13.2 Å². The molecule has 2 unspecified atom stereocenters. The van der Waals surface area contributed by atoms with Crippen molar-refractivity contribution in [1.82, 2.24) is 0 Å². The molecule has 0 spiro atoms. The quantitative estimate of drug-likeness (QED) is 0.606. The van der Waals surface area contributed by atoms with Gasteiger partial charge in [-0.3, -0.25) is 0 Å². The van der Waals surface area contributed by atoms with Crippen molar-refractivity contribution in [1.29, 1.82) is 5.26 Å². The fourth-order valence-corrected chi connectivity index (χ4v) is 1.26. The highest BCUT2D eigenvalue weighted by Gasteiger charge is 2.35. The zero-order valence-electron chi connectivity index (χ0n) is 6.71. The Labute approximate surface area is 66.6 Å². The van der Waals surface area contributed by atoms with Crippen LogP contribution in [0, 0.1) is 17.2 Å². The zero-order valence-corrected chi connectivity index (χ0v) is 6.71. The molecule has 3 heteroatoms. The van der Waals surface area contributed by atoms with Gasteiger partial charge in [-0.25, -0.2) is 0 Å². The van der Waals surface area contributed by atoms with Gasteiger partial charge < -0.3 is 9.84 Å². The van der Waals surface area contributed by atoms with Crippen LogP contribution in [0.15, 0.2) is 0 Å². The summed E-state index contributed by atoms with van der Waals surface area (Å²) in [6, 6.07) is 2.05. The van der Waals surface area contributed by atoms with E-state index in [0.717, 1.165) is 6.42 Å². The SMILES string of the molecule is CC(C#N)C1(O)CCCOC1. The predicted molar refractivity (Wildman–Crippen MR) is 39.8 cm³/mol. The van der Waals surface area contributed by atoms with Crippen LogP contribution in [0.3, 0.4) is 0 Å². The minimum atomic E-state index is -0.896. The van der Waals surface area contributed by atoms with Gasteiger partial charge in [-0.05, 0) is 19.8 Å². The number of hydrogen-bond acceptors (Lipinski definition) is 3. The summed E-state index contributed by atoms with van der Waals surface area (Å²) in [7, 11) is 0. The normalized spacial score (nSPS) is 34.3. The third-order valence-corrected chi connectivity index (χ3v) is 2.25. The molecule has 2 atom stereocenters. The Morgan fingerprint density at radius 1 is 1.73 bits per heavy atom. The predicted octanol–water partition coefficient (Wildman–Crippen LogP) is 0.688. The molecular weight excluding hydrogens is 142 g/mol. The standard InChI is InChI=1S/C8H13NO2/c1-7(5-9)8(10)3-2-4-11-6-8/h7,10H,2-4,6H2,1H3. The second kappa shape index (κ2) is 3.21. The van der Waals surface area contributed by atoms with Crippen molar-refractivity contribution in [2.45, 2.75) is 25.4 Å². The Bertz CT molecular complexity index is 167. The van der Waals surface area contributed by atoms with Crippen molar-refractivity contribution in [3.63, 3.8) is 0 Å². The molecule has 0 bridgehead atoms. The van der Waals surface area contributed by atoms with Crippen molar-refractivity contribution < 1.29 is 9.84 Å². The van der Waals surface area contributed by atoms with Crippen LogP contribution in [-0.2, 0) is 4.74 Å². The van der Waals surface area contributed by atoms with Gasteiger partial charge >= 0.3 is 0 Å². The minimum Gasteiger partial charge on any atom is -0.386 e. The molecule has 11 heavy (non-hydrogen) atoms. The van der Waals surface area contributed by atoms with Crippen LogP contribution in [0.1, 0.15) is 19.8 Å². The van der Waals surface area contributed by atoms with E-state index in [-0.39, 0.29) is 5.92 Å². The second-order valence-corrected chi connectivity index (χ2v) is 3.11. The first-order valence-electron chi connectivity index (χ1n) is 3.89. The Kier molecular flexibility index (Phi) is 2.48. The van der Waals surface area contributed by atoms with E-state index >= 15 is 0 Å². The molecule has 0 saturated carbocycles. The van der Waals surface area contributed by atoms with Gasteiger partial charge in [0.15, 0.2) is 0 Å². The number of ether oxygens (including phenoxy) is 1. The maximum absolute atomic E-state index is 9.79. The summed E-state index contributed by atoms with van der Waals surface area (Å²) in [5.41, 5.74) is -0.896. The average molecular weight is 155 g/mol. The maximum atomic E-state index is 9.79. The number of nitrogens with zero attached hydrogens (tertiary/aromatic N) is 1. The fourth-order valence-electron chi connectivity index (χ4n) is 1.26. The van der Waals surface area contributed by atoms with Crippen LogP contribution in [0.5, 0.6) is 0 Å². The summed E-state index contributed by atoms with van der Waals surface area (Å²) in [5, 5.41) is 18.4. The molecule has 1 aliphatic rings. The molecule has 62 valence electrons. The van der Waals surface area contributed by atoms with E-state index in [1.807, 2.05) is 6.07 Å². The van der Waals surface area contributed by atoms with E-state index in [0.29, 0.717) is 19.6 Å². The van der Waals surface area contributed by atoms with Gasteiger partial charge in [0, 0.05) is 6.61 Å². The molecule has 3 nitrogen and oxygen atoms in total. The molecule has 1 N–H and O–H groups in total. The molecule has 1 saturated heterocycles. The summed E-state index contributed by atoms with van der Waals surface area (Å²) >= 11 is 0. The van der Waals surface area contributed by atoms with E-state index in [2.05, 4.69) is 0 Å². The van der Waals surface area contributed by atoms with E-state index in [1.54, 1.807) is 6.92 Å². The lowest BCUT2D eigenvalue weighted by molar-refractivity contribution is -0.104. The van der Waals surface area contributed by atoms with Gasteiger partial charge in [-0.1, -0.05) is 0 Å². The van der Waals surface area contributed by atoms with Gasteiger partial charge in [0.05, 0.1) is 18.6 Å². The molecule has 1 aliphatic heterocycles. The number of aliphatic hydroxyl groups is 1. The molecule has 1 rings (SSSR count). The van der Waals surface area contributed by atoms with Crippen molar-refractivity contribution in [3.05, 3.63) is 0 Å². The molecule has 0 radical (unpaired) electrons. The summed E-state index contributed by atoms with van der Waals surface area (Å²) < 4.78 is 5.11. The molecule has 0 aromatic rings. The molecule has 0 amide bonds. The van der Waals surface area contributed by atoms with Crippen LogP contribution in [0.2, 0.25) is 0 Å². The van der Waals surface area contributed by atoms with Crippen LogP contribution < -0.4 is 0 Å². The third-order valence-electron chi connectivity index (χ3n) is 2.25. The van der Waals surface area contributed by atoms with Gasteiger partial charge in [0.2, 0.25) is 0 Å². The topological polar surface area (TPSA) is 53.2 Å². The fraction of sp³-hybridized carbons (Fsp3) is 0.875. The first kappa shape index (κ1) is 8.51. The second-order valence-electron chi connectivity index (χ2n) is 3.11. The average Bonchev–Trinajstić information content (AvgIpc) is 2.04. The maximum Gasteiger partial charge on any atom is 0.103 e. The largest absolute Gasteiger partial charge is 0.386 e. The van der Waals surface area contributed by atoms with Crippen LogP contribution in [0.4, 0.5) is 0 Å². The highest BCUT2D eigenvalue weighted by Crippen LogP contribution is 2.26. The highest BCUT2D eigenvalue weighted by atomic mass is 16.5. The van der Waals surface area contributed by atoms with E-state index in [1.165, 1.54) is 0 Å². The van der Waals surface area contributed by atoms with Crippen LogP contribution in [-0.4, -0.2) is 23.9 Å². The molecule has 0 aromatic heterocycles. The lowest BCUT2D eigenvalue weighted by Gasteiger charge is -2.33. The molecule has 1 heterocycles. The summed E-state index contributed by atoms with van der Waals surface area (Å²) in [4.78, 5) is 0. The van der Waals surface area contributed by atoms with E-state index in [9.17, 15) is 5.11 Å². The van der Waals surface area contributed by atoms with Crippen molar-refractivity contribution in [3.8, 4) is 6.07 Å². The van der Waals surface area contributed by atoms with Gasteiger partial charge in [0.25, 0.3) is 0 Å². The first-order valence-corrected chi connectivity index (χ1v) is 3.89. The third kappa shape index (κ3) is 1.70. The minimum absolute atomic E-state index is 0.307. The Hall–Kier alpha value is -0.590. The highest BCUT2D eigenvalue weighted by molar-refractivity contribution is 4.97. The van der Waals surface area contributed by atoms with E-state index in [4.69, 9.17) is 10.00 Å². The lowest BCUT2D eigenvalue weighted by Crippen LogP contribution is -2.43.